The average Bonchev–Trinajstić information content (AvgIpc) is 2.47. The molecule has 0 unspecified atom stereocenters. The summed E-state index contributed by atoms with van der Waals surface area (Å²) in [7, 11) is 0. The van der Waals surface area contributed by atoms with Crippen molar-refractivity contribution in [1.29, 1.82) is 0 Å². The van der Waals surface area contributed by atoms with Gasteiger partial charge in [-0.15, -0.1) is 11.3 Å². The number of ether oxygens (including phenoxy) is 1. The molecule has 5 heteroatoms. The summed E-state index contributed by atoms with van der Waals surface area (Å²) in [6, 6.07) is 2.10. The Morgan fingerprint density at radius 3 is 2.79 bits per heavy atom. The Labute approximate surface area is 101 Å². The fraction of sp³-hybridized carbons (Fsp3) is 0.556. The number of nitrogens with zero attached hydrogens (tertiary/aromatic N) is 1. The molecule has 1 fully saturated rings. The van der Waals surface area contributed by atoms with Crippen LogP contribution in [0.4, 0.5) is 0 Å². The van der Waals surface area contributed by atoms with Crippen LogP contribution in [0.15, 0.2) is 10.5 Å². The van der Waals surface area contributed by atoms with E-state index < -0.39 is 0 Å². The van der Waals surface area contributed by atoms with Crippen LogP contribution in [0.3, 0.4) is 0 Å². The van der Waals surface area contributed by atoms with E-state index in [0.717, 1.165) is 41.7 Å². The first-order chi connectivity index (χ1) is 6.75. The smallest absolute Gasteiger partial charge is 0.107 e. The van der Waals surface area contributed by atoms with Gasteiger partial charge in [-0.05, 0) is 22.0 Å². The summed E-state index contributed by atoms with van der Waals surface area (Å²) in [5, 5.41) is 0. The highest BCUT2D eigenvalue weighted by Gasteiger charge is 2.12. The predicted molar refractivity (Wildman–Crippen MR) is 63.1 cm³/mol. The maximum absolute atomic E-state index is 5.98. The van der Waals surface area contributed by atoms with Crippen molar-refractivity contribution < 1.29 is 4.74 Å². The van der Waals surface area contributed by atoms with Crippen molar-refractivity contribution in [2.45, 2.75) is 6.54 Å². The van der Waals surface area contributed by atoms with Crippen molar-refractivity contribution in [2.75, 3.05) is 26.3 Å². The van der Waals surface area contributed by atoms with E-state index in [2.05, 4.69) is 26.9 Å². The molecule has 0 N–H and O–H groups in total. The van der Waals surface area contributed by atoms with Crippen LogP contribution in [-0.2, 0) is 11.3 Å². The van der Waals surface area contributed by atoms with Gasteiger partial charge in [0.05, 0.1) is 13.2 Å². The third-order valence-electron chi connectivity index (χ3n) is 2.18. The molecule has 0 atom stereocenters. The van der Waals surface area contributed by atoms with Crippen LogP contribution in [0.25, 0.3) is 0 Å². The van der Waals surface area contributed by atoms with E-state index in [1.54, 1.807) is 11.3 Å². The van der Waals surface area contributed by atoms with Crippen LogP contribution in [0, 0.1) is 0 Å². The highest BCUT2D eigenvalue weighted by molar-refractivity contribution is 9.10. The van der Waals surface area contributed by atoms with E-state index in [1.165, 1.54) is 4.88 Å². The minimum Gasteiger partial charge on any atom is -0.379 e. The largest absolute Gasteiger partial charge is 0.379 e. The van der Waals surface area contributed by atoms with Crippen LogP contribution >= 0.6 is 38.9 Å². The molecule has 0 aliphatic carbocycles. The fourth-order valence-electron chi connectivity index (χ4n) is 1.45. The molecule has 0 amide bonds. The summed E-state index contributed by atoms with van der Waals surface area (Å²) in [6.45, 7) is 4.72. The van der Waals surface area contributed by atoms with Crippen LogP contribution in [0.5, 0.6) is 0 Å². The van der Waals surface area contributed by atoms with E-state index >= 15 is 0 Å². The number of morpholine rings is 1. The van der Waals surface area contributed by atoms with Gasteiger partial charge in [-0.25, -0.2) is 0 Å². The van der Waals surface area contributed by atoms with Gasteiger partial charge in [0.2, 0.25) is 0 Å². The minimum absolute atomic E-state index is 0.841. The van der Waals surface area contributed by atoms with Gasteiger partial charge in [0.25, 0.3) is 0 Å². The SMILES string of the molecule is Clc1sc(CN2CCOCC2)cc1Br. The number of halogens is 2. The van der Waals surface area contributed by atoms with Crippen molar-refractivity contribution >= 4 is 38.9 Å². The summed E-state index contributed by atoms with van der Waals surface area (Å²) < 4.78 is 7.14. The first-order valence-electron chi connectivity index (χ1n) is 4.49. The Kier molecular flexibility index (Phi) is 3.85. The third kappa shape index (κ3) is 2.70. The van der Waals surface area contributed by atoms with Crippen molar-refractivity contribution in [1.82, 2.24) is 4.90 Å². The highest BCUT2D eigenvalue weighted by Crippen LogP contribution is 2.32. The van der Waals surface area contributed by atoms with Crippen molar-refractivity contribution in [3.8, 4) is 0 Å². The lowest BCUT2D eigenvalue weighted by Crippen LogP contribution is -2.35. The molecule has 0 radical (unpaired) electrons. The molecule has 1 saturated heterocycles. The molecule has 1 aromatic heterocycles. The van der Waals surface area contributed by atoms with Crippen molar-refractivity contribution in [3.63, 3.8) is 0 Å². The lowest BCUT2D eigenvalue weighted by molar-refractivity contribution is 0.0346. The molecule has 1 aliphatic heterocycles. The second-order valence-corrected chi connectivity index (χ2v) is 5.82. The van der Waals surface area contributed by atoms with Gasteiger partial charge < -0.3 is 4.74 Å². The van der Waals surface area contributed by atoms with Crippen LogP contribution < -0.4 is 0 Å². The highest BCUT2D eigenvalue weighted by atomic mass is 79.9. The molecule has 2 nitrogen and oxygen atoms in total. The molecule has 1 aliphatic rings. The molecule has 0 saturated carbocycles. The van der Waals surface area contributed by atoms with Gasteiger partial charge in [0.15, 0.2) is 0 Å². The van der Waals surface area contributed by atoms with E-state index in [4.69, 9.17) is 16.3 Å². The second-order valence-electron chi connectivity index (χ2n) is 3.22. The zero-order chi connectivity index (χ0) is 9.97. The molecule has 0 bridgehead atoms. The van der Waals surface area contributed by atoms with E-state index in [1.807, 2.05) is 0 Å². The zero-order valence-electron chi connectivity index (χ0n) is 7.63. The third-order valence-corrected chi connectivity index (χ3v) is 4.64. The van der Waals surface area contributed by atoms with E-state index in [9.17, 15) is 0 Å². The molecular weight excluding hydrogens is 286 g/mol. The summed E-state index contributed by atoms with van der Waals surface area (Å²) >= 11 is 11.0. The molecule has 0 spiro atoms. The number of hydrogen-bond acceptors (Lipinski definition) is 3. The van der Waals surface area contributed by atoms with Gasteiger partial charge in [-0.1, -0.05) is 11.6 Å². The Morgan fingerprint density at radius 2 is 2.21 bits per heavy atom. The predicted octanol–water partition coefficient (Wildman–Crippen LogP) is 3.00. The summed E-state index contributed by atoms with van der Waals surface area (Å²) in [5.41, 5.74) is 0. The topological polar surface area (TPSA) is 12.5 Å². The van der Waals surface area contributed by atoms with Crippen LogP contribution in [-0.4, -0.2) is 31.2 Å². The van der Waals surface area contributed by atoms with Gasteiger partial charge in [0.1, 0.15) is 4.34 Å². The molecule has 78 valence electrons. The lowest BCUT2D eigenvalue weighted by atomic mass is 10.4. The number of hydrogen-bond donors (Lipinski definition) is 0. The Balaban J connectivity index is 1.95. The fourth-order valence-corrected chi connectivity index (χ4v) is 3.28. The summed E-state index contributed by atoms with van der Waals surface area (Å²) in [5.74, 6) is 0. The van der Waals surface area contributed by atoms with Gasteiger partial charge in [0, 0.05) is 29.0 Å². The summed E-state index contributed by atoms with van der Waals surface area (Å²) in [6.07, 6.45) is 0. The molecular formula is C9H11BrClNOS. The summed E-state index contributed by atoms with van der Waals surface area (Å²) in [4.78, 5) is 3.70. The van der Waals surface area contributed by atoms with Crippen molar-refractivity contribution in [3.05, 3.63) is 19.8 Å². The molecule has 2 rings (SSSR count). The monoisotopic (exact) mass is 295 g/mol. The molecule has 0 aromatic carbocycles. The average molecular weight is 297 g/mol. The second kappa shape index (κ2) is 4.94. The normalized spacial score (nSPS) is 18.7. The van der Waals surface area contributed by atoms with Crippen LogP contribution in [0.2, 0.25) is 4.34 Å². The first kappa shape index (κ1) is 10.9. The van der Waals surface area contributed by atoms with E-state index in [0.29, 0.717) is 0 Å². The Bertz CT molecular complexity index is 292. The van der Waals surface area contributed by atoms with Gasteiger partial charge in [-0.3, -0.25) is 4.90 Å². The minimum atomic E-state index is 0.841. The number of thiophene rings is 1. The standard InChI is InChI=1S/C9H11BrClNOS/c10-8-5-7(14-9(8)11)6-12-1-3-13-4-2-12/h5H,1-4,6H2. The zero-order valence-corrected chi connectivity index (χ0v) is 10.8. The maximum Gasteiger partial charge on any atom is 0.107 e. The molecule has 14 heavy (non-hydrogen) atoms. The first-order valence-corrected chi connectivity index (χ1v) is 6.48. The lowest BCUT2D eigenvalue weighted by Gasteiger charge is -2.25. The van der Waals surface area contributed by atoms with E-state index in [-0.39, 0.29) is 0 Å². The Morgan fingerprint density at radius 1 is 1.50 bits per heavy atom. The molecule has 2 heterocycles. The Hall–Kier alpha value is 0.390. The van der Waals surface area contributed by atoms with Crippen molar-refractivity contribution in [2.24, 2.45) is 0 Å². The van der Waals surface area contributed by atoms with Crippen LogP contribution in [0.1, 0.15) is 4.88 Å². The van der Waals surface area contributed by atoms with Gasteiger partial charge in [-0.2, -0.15) is 0 Å². The molecule has 1 aromatic rings. The number of rotatable bonds is 2. The van der Waals surface area contributed by atoms with Gasteiger partial charge >= 0.3 is 0 Å². The maximum atomic E-state index is 5.98. The quantitative estimate of drug-likeness (QED) is 0.832.